The van der Waals surface area contributed by atoms with Crippen molar-refractivity contribution in [3.05, 3.63) is 41.5 Å². The Morgan fingerprint density at radius 1 is 1.24 bits per heavy atom. The predicted molar refractivity (Wildman–Crippen MR) is 86.2 cm³/mol. The minimum Gasteiger partial charge on any atom is -0.339 e. The number of benzene rings is 1. The lowest BCUT2D eigenvalue weighted by molar-refractivity contribution is 0.285. The summed E-state index contributed by atoms with van der Waals surface area (Å²) in [5.41, 5.74) is 7.43. The molecule has 0 aliphatic rings. The number of hydrogen-bond acceptors (Lipinski definition) is 5. The van der Waals surface area contributed by atoms with Crippen molar-refractivity contribution < 1.29 is 4.52 Å². The number of aryl methyl sites for hydroxylation is 1. The van der Waals surface area contributed by atoms with E-state index >= 15 is 0 Å². The van der Waals surface area contributed by atoms with E-state index < -0.39 is 0 Å². The molecule has 5 heteroatoms. The zero-order valence-corrected chi connectivity index (χ0v) is 13.9. The normalized spacial score (nSPS) is 13.4. The average molecular weight is 305 g/mol. The predicted octanol–water partition coefficient (Wildman–Crippen LogP) is 3.59. The van der Waals surface area contributed by atoms with Crippen molar-refractivity contribution in [1.82, 2.24) is 10.1 Å². The van der Waals surface area contributed by atoms with Gasteiger partial charge in [0.2, 0.25) is 5.89 Å². The molecule has 21 heavy (non-hydrogen) atoms. The number of rotatable bonds is 5. The Morgan fingerprint density at radius 3 is 2.52 bits per heavy atom. The first-order valence-corrected chi connectivity index (χ1v) is 8.09. The Labute approximate surface area is 130 Å². The molecule has 2 aromatic rings. The van der Waals surface area contributed by atoms with Crippen LogP contribution in [0.25, 0.3) is 0 Å². The van der Waals surface area contributed by atoms with Crippen molar-refractivity contribution >= 4 is 11.8 Å². The van der Waals surface area contributed by atoms with Crippen molar-refractivity contribution in [3.8, 4) is 0 Å². The van der Waals surface area contributed by atoms with Gasteiger partial charge in [-0.15, -0.1) is 11.8 Å². The molecule has 2 N–H and O–H groups in total. The van der Waals surface area contributed by atoms with Gasteiger partial charge in [-0.1, -0.05) is 43.6 Å². The fourth-order valence-electron chi connectivity index (χ4n) is 1.71. The molecule has 0 aliphatic heterocycles. The molecule has 4 nitrogen and oxygen atoms in total. The Kier molecular flexibility index (Phi) is 5.06. The van der Waals surface area contributed by atoms with Crippen LogP contribution < -0.4 is 5.73 Å². The maximum absolute atomic E-state index is 6.14. The second-order valence-corrected chi connectivity index (χ2v) is 7.43. The Morgan fingerprint density at radius 2 is 1.90 bits per heavy atom. The van der Waals surface area contributed by atoms with Crippen LogP contribution in [0.15, 0.2) is 33.7 Å². The number of nitrogens with zero attached hydrogens (tertiary/aromatic N) is 2. The SMILES string of the molecule is Cc1ccc(SCc2noc(CC(N)C(C)(C)C)n2)cc1. The maximum atomic E-state index is 6.14. The van der Waals surface area contributed by atoms with E-state index in [0.717, 1.165) is 5.82 Å². The second kappa shape index (κ2) is 6.62. The number of thioether (sulfide) groups is 1. The van der Waals surface area contributed by atoms with Gasteiger partial charge in [-0.05, 0) is 24.5 Å². The van der Waals surface area contributed by atoms with E-state index in [1.165, 1.54) is 10.5 Å². The summed E-state index contributed by atoms with van der Waals surface area (Å²) in [5.74, 6) is 2.05. The van der Waals surface area contributed by atoms with Crippen molar-refractivity contribution in [2.75, 3.05) is 0 Å². The van der Waals surface area contributed by atoms with E-state index in [9.17, 15) is 0 Å². The van der Waals surface area contributed by atoms with E-state index in [-0.39, 0.29) is 11.5 Å². The zero-order chi connectivity index (χ0) is 15.5. The summed E-state index contributed by atoms with van der Waals surface area (Å²) in [6.07, 6.45) is 0.617. The molecular weight excluding hydrogens is 282 g/mol. The van der Waals surface area contributed by atoms with Gasteiger partial charge in [0.25, 0.3) is 0 Å². The highest BCUT2D eigenvalue weighted by Crippen LogP contribution is 2.23. The quantitative estimate of drug-likeness (QED) is 0.855. The molecule has 0 saturated heterocycles. The third-order valence-electron chi connectivity index (χ3n) is 3.41. The maximum Gasteiger partial charge on any atom is 0.228 e. The highest BCUT2D eigenvalue weighted by molar-refractivity contribution is 7.98. The van der Waals surface area contributed by atoms with Gasteiger partial charge < -0.3 is 10.3 Å². The summed E-state index contributed by atoms with van der Waals surface area (Å²) in [4.78, 5) is 5.62. The molecule has 1 atom stereocenters. The van der Waals surface area contributed by atoms with Crippen molar-refractivity contribution in [2.45, 2.75) is 50.8 Å². The molecule has 2 rings (SSSR count). The lowest BCUT2D eigenvalue weighted by atomic mass is 9.85. The number of hydrogen-bond donors (Lipinski definition) is 1. The lowest BCUT2D eigenvalue weighted by Gasteiger charge is -2.25. The topological polar surface area (TPSA) is 64.9 Å². The molecule has 0 radical (unpaired) electrons. The van der Waals surface area contributed by atoms with Crippen LogP contribution in [0.5, 0.6) is 0 Å². The standard InChI is InChI=1S/C16H23N3OS/c1-11-5-7-12(8-6-11)21-10-14-18-15(20-19-14)9-13(17)16(2,3)4/h5-8,13H,9-10,17H2,1-4H3. The molecule has 1 heterocycles. The third-order valence-corrected chi connectivity index (χ3v) is 4.41. The van der Waals surface area contributed by atoms with Crippen LogP contribution in [0.3, 0.4) is 0 Å². The minimum absolute atomic E-state index is 0.00977. The van der Waals surface area contributed by atoms with Crippen LogP contribution in [-0.4, -0.2) is 16.2 Å². The van der Waals surface area contributed by atoms with Gasteiger partial charge in [0.1, 0.15) is 0 Å². The van der Waals surface area contributed by atoms with Gasteiger partial charge >= 0.3 is 0 Å². The summed E-state index contributed by atoms with van der Waals surface area (Å²) in [6.45, 7) is 8.42. The Balaban J connectivity index is 1.90. The van der Waals surface area contributed by atoms with E-state index in [1.807, 2.05) is 0 Å². The molecule has 1 aromatic heterocycles. The molecule has 0 spiro atoms. The van der Waals surface area contributed by atoms with Gasteiger partial charge in [0.05, 0.1) is 5.75 Å². The summed E-state index contributed by atoms with van der Waals surface area (Å²) >= 11 is 1.70. The van der Waals surface area contributed by atoms with Crippen molar-refractivity contribution in [2.24, 2.45) is 11.1 Å². The van der Waals surface area contributed by atoms with E-state index in [0.29, 0.717) is 18.1 Å². The summed E-state index contributed by atoms with van der Waals surface area (Å²) in [7, 11) is 0. The minimum atomic E-state index is 0.00977. The number of nitrogens with two attached hydrogens (primary N) is 1. The van der Waals surface area contributed by atoms with Crippen LogP contribution in [0.4, 0.5) is 0 Å². The van der Waals surface area contributed by atoms with Crippen LogP contribution >= 0.6 is 11.8 Å². The van der Waals surface area contributed by atoms with E-state index in [1.54, 1.807) is 11.8 Å². The monoisotopic (exact) mass is 305 g/mol. The average Bonchev–Trinajstić information content (AvgIpc) is 2.85. The molecule has 0 amide bonds. The van der Waals surface area contributed by atoms with Crippen LogP contribution in [0, 0.1) is 12.3 Å². The molecular formula is C16H23N3OS. The van der Waals surface area contributed by atoms with Gasteiger partial charge in [0, 0.05) is 17.4 Å². The van der Waals surface area contributed by atoms with Gasteiger partial charge in [-0.2, -0.15) is 4.98 Å². The third kappa shape index (κ3) is 4.86. The largest absolute Gasteiger partial charge is 0.339 e. The number of aromatic nitrogens is 2. The second-order valence-electron chi connectivity index (χ2n) is 6.38. The Bertz CT molecular complexity index is 572. The molecule has 0 fully saturated rings. The highest BCUT2D eigenvalue weighted by Gasteiger charge is 2.23. The Hall–Kier alpha value is -1.33. The highest BCUT2D eigenvalue weighted by atomic mass is 32.2. The molecule has 114 valence electrons. The first kappa shape index (κ1) is 16.0. The zero-order valence-electron chi connectivity index (χ0n) is 13.1. The molecule has 1 aromatic carbocycles. The molecule has 1 unspecified atom stereocenters. The summed E-state index contributed by atoms with van der Waals surface area (Å²) in [6, 6.07) is 8.43. The summed E-state index contributed by atoms with van der Waals surface area (Å²) < 4.78 is 5.28. The van der Waals surface area contributed by atoms with E-state index in [4.69, 9.17) is 10.3 Å². The van der Waals surface area contributed by atoms with Crippen LogP contribution in [-0.2, 0) is 12.2 Å². The van der Waals surface area contributed by atoms with Gasteiger partial charge in [-0.3, -0.25) is 0 Å². The molecule has 0 aliphatic carbocycles. The van der Waals surface area contributed by atoms with Crippen molar-refractivity contribution in [1.29, 1.82) is 0 Å². The first-order chi connectivity index (χ1) is 9.84. The smallest absolute Gasteiger partial charge is 0.228 e. The van der Waals surface area contributed by atoms with Crippen molar-refractivity contribution in [3.63, 3.8) is 0 Å². The molecule has 0 saturated carbocycles. The molecule has 0 bridgehead atoms. The first-order valence-electron chi connectivity index (χ1n) is 7.11. The van der Waals surface area contributed by atoms with Gasteiger partial charge in [0.15, 0.2) is 5.82 Å². The fourth-order valence-corrected chi connectivity index (χ4v) is 2.45. The van der Waals surface area contributed by atoms with Gasteiger partial charge in [-0.25, -0.2) is 0 Å². The van der Waals surface area contributed by atoms with Crippen LogP contribution in [0.1, 0.15) is 38.0 Å². The fraction of sp³-hybridized carbons (Fsp3) is 0.500. The lowest BCUT2D eigenvalue weighted by Crippen LogP contribution is -2.36. The van der Waals surface area contributed by atoms with Crippen LogP contribution in [0.2, 0.25) is 0 Å². The van der Waals surface area contributed by atoms with E-state index in [2.05, 4.69) is 62.1 Å². The summed E-state index contributed by atoms with van der Waals surface area (Å²) in [5, 5.41) is 4.02.